The van der Waals surface area contributed by atoms with Gasteiger partial charge < -0.3 is 10.1 Å². The molecule has 1 aromatic carbocycles. The first-order valence-electron chi connectivity index (χ1n) is 7.29. The Balaban J connectivity index is 0.00000156. The molecule has 3 heterocycles. The van der Waals surface area contributed by atoms with Crippen molar-refractivity contribution in [2.75, 3.05) is 13.1 Å². The number of aromatic nitrogens is 2. The molecule has 2 aliphatic rings. The molecule has 122 valence electrons. The van der Waals surface area contributed by atoms with Crippen molar-refractivity contribution in [3.05, 3.63) is 33.4 Å². The summed E-state index contributed by atoms with van der Waals surface area (Å²) in [5.41, 5.74) is 0.956. The van der Waals surface area contributed by atoms with Crippen molar-refractivity contribution in [1.29, 1.82) is 0 Å². The minimum Gasteiger partial charge on any atom is -0.486 e. The van der Waals surface area contributed by atoms with Crippen LogP contribution in [0.1, 0.15) is 29.6 Å². The molecular formula is C15H16ClN3O3S. The number of halogens is 1. The minimum atomic E-state index is -0.355. The van der Waals surface area contributed by atoms with Crippen LogP contribution in [0.15, 0.2) is 23.0 Å². The van der Waals surface area contributed by atoms with Gasteiger partial charge in [0.2, 0.25) is 0 Å². The highest BCUT2D eigenvalue weighted by Gasteiger charge is 2.41. The topological polar surface area (TPSA) is 84.1 Å². The molecule has 8 heteroatoms. The quantitative estimate of drug-likeness (QED) is 0.819. The Morgan fingerprint density at radius 3 is 2.70 bits per heavy atom. The number of carbonyl (C=O) groups is 1. The highest BCUT2D eigenvalue weighted by Crippen LogP contribution is 2.39. The molecule has 1 fully saturated rings. The molecule has 0 bridgehead atoms. The molecule has 23 heavy (non-hydrogen) atoms. The number of benzene rings is 1. The standard InChI is InChI=1S/C15H15N3O3S.ClH/c19-11-8-15(3-5-16-6-4-15)21-12-2-1-9(7-10(11)12)13-17-14(20)22-18-13;/h1-2,7,16H,3-6,8H2,(H,17,18,20);1H. The number of nitrogens with zero attached hydrogens (tertiary/aromatic N) is 1. The first-order chi connectivity index (χ1) is 10.7. The fraction of sp³-hybridized carbons (Fsp3) is 0.400. The number of piperidine rings is 1. The maximum atomic E-state index is 12.6. The van der Waals surface area contributed by atoms with Crippen molar-refractivity contribution < 1.29 is 9.53 Å². The van der Waals surface area contributed by atoms with Gasteiger partial charge in [-0.25, -0.2) is 0 Å². The van der Waals surface area contributed by atoms with Gasteiger partial charge in [-0.1, -0.05) is 0 Å². The number of aromatic amines is 1. The third kappa shape index (κ3) is 2.91. The molecule has 2 N–H and O–H groups in total. The summed E-state index contributed by atoms with van der Waals surface area (Å²) in [6, 6.07) is 5.40. The van der Waals surface area contributed by atoms with Gasteiger partial charge >= 0.3 is 4.87 Å². The van der Waals surface area contributed by atoms with Crippen molar-refractivity contribution in [2.24, 2.45) is 0 Å². The number of hydrogen-bond donors (Lipinski definition) is 2. The van der Waals surface area contributed by atoms with Gasteiger partial charge in [0.25, 0.3) is 0 Å². The molecule has 0 aliphatic carbocycles. The Morgan fingerprint density at radius 1 is 1.22 bits per heavy atom. The fourth-order valence-electron chi connectivity index (χ4n) is 3.16. The Bertz CT molecular complexity index is 795. The molecule has 0 saturated carbocycles. The molecule has 0 amide bonds. The molecular weight excluding hydrogens is 338 g/mol. The number of ketones is 1. The highest BCUT2D eigenvalue weighted by atomic mass is 35.5. The molecule has 0 radical (unpaired) electrons. The van der Waals surface area contributed by atoms with E-state index in [0.29, 0.717) is 23.6 Å². The van der Waals surface area contributed by atoms with E-state index >= 15 is 0 Å². The molecule has 6 nitrogen and oxygen atoms in total. The predicted octanol–water partition coefficient (Wildman–Crippen LogP) is 2.01. The van der Waals surface area contributed by atoms with Crippen LogP contribution in [-0.4, -0.2) is 33.8 Å². The van der Waals surface area contributed by atoms with E-state index in [1.165, 1.54) is 0 Å². The lowest BCUT2D eigenvalue weighted by Gasteiger charge is -2.40. The van der Waals surface area contributed by atoms with Crippen LogP contribution in [0, 0.1) is 0 Å². The monoisotopic (exact) mass is 353 g/mol. The van der Waals surface area contributed by atoms with E-state index in [-0.39, 0.29) is 28.7 Å². The lowest BCUT2D eigenvalue weighted by molar-refractivity contribution is 0.0188. The summed E-state index contributed by atoms with van der Waals surface area (Å²) in [5.74, 6) is 1.23. The number of rotatable bonds is 1. The number of H-pyrrole nitrogens is 1. The average molecular weight is 354 g/mol. The van der Waals surface area contributed by atoms with E-state index in [9.17, 15) is 9.59 Å². The van der Waals surface area contributed by atoms with Gasteiger partial charge in [0, 0.05) is 29.9 Å². The number of carbonyl (C=O) groups excluding carboxylic acids is 1. The first-order valence-corrected chi connectivity index (χ1v) is 8.06. The lowest BCUT2D eigenvalue weighted by atomic mass is 9.83. The van der Waals surface area contributed by atoms with Crippen molar-refractivity contribution in [3.8, 4) is 17.1 Å². The SMILES string of the molecule is Cl.O=C1CC2(CCNCC2)Oc2ccc(-c3nsc(=O)[nH]3)cc21. The summed E-state index contributed by atoms with van der Waals surface area (Å²) in [5, 5.41) is 3.30. The van der Waals surface area contributed by atoms with E-state index in [2.05, 4.69) is 14.7 Å². The molecule has 4 rings (SSSR count). The van der Waals surface area contributed by atoms with Crippen LogP contribution in [0.25, 0.3) is 11.4 Å². The number of ether oxygens (including phenoxy) is 1. The second-order valence-corrected chi connectivity index (χ2v) is 6.53. The number of nitrogens with one attached hydrogen (secondary N) is 2. The summed E-state index contributed by atoms with van der Waals surface area (Å²) >= 11 is 0.871. The maximum Gasteiger partial charge on any atom is 0.323 e. The molecule has 0 unspecified atom stereocenters. The normalized spacial score (nSPS) is 18.9. The van der Waals surface area contributed by atoms with Crippen molar-refractivity contribution in [2.45, 2.75) is 24.9 Å². The second kappa shape index (κ2) is 6.07. The van der Waals surface area contributed by atoms with E-state index in [4.69, 9.17) is 4.74 Å². The zero-order chi connectivity index (χ0) is 15.2. The number of Topliss-reactive ketones (excluding diaryl/α,β-unsaturated/α-hetero) is 1. The Kier molecular flexibility index (Phi) is 4.27. The van der Waals surface area contributed by atoms with Gasteiger partial charge in [-0.2, -0.15) is 4.37 Å². The van der Waals surface area contributed by atoms with Crippen LogP contribution in [0.2, 0.25) is 0 Å². The Hall–Kier alpha value is -1.70. The van der Waals surface area contributed by atoms with E-state index in [1.54, 1.807) is 6.07 Å². The predicted molar refractivity (Wildman–Crippen MR) is 89.8 cm³/mol. The van der Waals surface area contributed by atoms with Gasteiger partial charge in [0.1, 0.15) is 11.4 Å². The third-order valence-corrected chi connectivity index (χ3v) is 4.86. The van der Waals surface area contributed by atoms with Gasteiger partial charge in [-0.15, -0.1) is 12.4 Å². The fourth-order valence-corrected chi connectivity index (χ4v) is 3.62. The van der Waals surface area contributed by atoms with Gasteiger partial charge in [0.05, 0.1) is 12.0 Å². The van der Waals surface area contributed by atoms with Gasteiger partial charge in [-0.3, -0.25) is 14.6 Å². The molecule has 1 saturated heterocycles. The molecule has 1 spiro atoms. The molecule has 0 atom stereocenters. The highest BCUT2D eigenvalue weighted by molar-refractivity contribution is 7.03. The van der Waals surface area contributed by atoms with Crippen LogP contribution in [0.3, 0.4) is 0 Å². The van der Waals surface area contributed by atoms with E-state index in [0.717, 1.165) is 43.0 Å². The van der Waals surface area contributed by atoms with E-state index < -0.39 is 0 Å². The smallest absolute Gasteiger partial charge is 0.323 e. The Morgan fingerprint density at radius 2 is 2.00 bits per heavy atom. The average Bonchev–Trinajstić information content (AvgIpc) is 2.94. The first kappa shape index (κ1) is 16.2. The minimum absolute atomic E-state index is 0. The van der Waals surface area contributed by atoms with Crippen LogP contribution in [0.5, 0.6) is 5.75 Å². The van der Waals surface area contributed by atoms with Crippen LogP contribution in [0.4, 0.5) is 0 Å². The van der Waals surface area contributed by atoms with Crippen molar-refractivity contribution >= 4 is 29.7 Å². The van der Waals surface area contributed by atoms with Crippen molar-refractivity contribution in [1.82, 2.24) is 14.7 Å². The van der Waals surface area contributed by atoms with Crippen molar-refractivity contribution in [3.63, 3.8) is 0 Å². The zero-order valence-corrected chi connectivity index (χ0v) is 13.9. The zero-order valence-electron chi connectivity index (χ0n) is 12.3. The maximum absolute atomic E-state index is 12.6. The summed E-state index contributed by atoms with van der Waals surface area (Å²) in [7, 11) is 0. The van der Waals surface area contributed by atoms with E-state index in [1.807, 2.05) is 12.1 Å². The summed E-state index contributed by atoms with van der Waals surface area (Å²) in [6.45, 7) is 1.75. The van der Waals surface area contributed by atoms with Crippen LogP contribution in [-0.2, 0) is 0 Å². The summed E-state index contributed by atoms with van der Waals surface area (Å²) < 4.78 is 10.2. The third-order valence-electron chi connectivity index (χ3n) is 4.32. The van der Waals surface area contributed by atoms with Gasteiger partial charge in [-0.05, 0) is 31.3 Å². The summed E-state index contributed by atoms with van der Waals surface area (Å²) in [6.07, 6.45) is 2.11. The number of fused-ring (bicyclic) bond motifs is 1. The van der Waals surface area contributed by atoms with Crippen LogP contribution >= 0.6 is 23.9 Å². The molecule has 2 aliphatic heterocycles. The summed E-state index contributed by atoms with van der Waals surface area (Å²) in [4.78, 5) is 26.2. The molecule has 1 aromatic heterocycles. The second-order valence-electron chi connectivity index (χ2n) is 5.79. The largest absolute Gasteiger partial charge is 0.486 e. The van der Waals surface area contributed by atoms with Crippen LogP contribution < -0.4 is 14.9 Å². The van der Waals surface area contributed by atoms with Gasteiger partial charge in [0.15, 0.2) is 11.6 Å². The molecule has 2 aromatic rings. The number of hydrogen-bond acceptors (Lipinski definition) is 6. The Labute approximate surface area is 142 Å². The lowest BCUT2D eigenvalue weighted by Crippen LogP contribution is -2.49.